The van der Waals surface area contributed by atoms with Gasteiger partial charge in [-0.3, -0.25) is 14.9 Å². The number of hydrogen-bond donors (Lipinski definition) is 2. The number of carbonyl (C=O) groups is 1. The standard InChI is InChI=1S/C10H10Cl2N2O4/c11-8-5-6(14(17)18)4-7(9(8)12)10(16)13-2-1-3-15/h4-5,15H,1-3H2,(H,13,16). The van der Waals surface area contributed by atoms with E-state index in [1.54, 1.807) is 0 Å². The summed E-state index contributed by atoms with van der Waals surface area (Å²) in [4.78, 5) is 21.7. The summed E-state index contributed by atoms with van der Waals surface area (Å²) >= 11 is 11.5. The minimum absolute atomic E-state index is 0.0382. The third kappa shape index (κ3) is 3.56. The molecule has 2 N–H and O–H groups in total. The molecule has 0 aliphatic carbocycles. The van der Waals surface area contributed by atoms with Crippen LogP contribution >= 0.6 is 23.2 Å². The lowest BCUT2D eigenvalue weighted by molar-refractivity contribution is -0.384. The first kappa shape index (κ1) is 14.7. The Morgan fingerprint density at radius 2 is 2.11 bits per heavy atom. The molecule has 18 heavy (non-hydrogen) atoms. The molecule has 6 nitrogen and oxygen atoms in total. The molecule has 0 heterocycles. The van der Waals surface area contributed by atoms with Crippen molar-refractivity contribution in [2.45, 2.75) is 6.42 Å². The molecule has 1 amide bonds. The lowest BCUT2D eigenvalue weighted by Gasteiger charge is -2.07. The van der Waals surface area contributed by atoms with Gasteiger partial charge in [0, 0.05) is 25.3 Å². The van der Waals surface area contributed by atoms with E-state index in [0.29, 0.717) is 6.42 Å². The molecule has 0 bridgehead atoms. The number of nitrogens with one attached hydrogen (secondary N) is 1. The van der Waals surface area contributed by atoms with Crippen molar-refractivity contribution in [1.29, 1.82) is 0 Å². The highest BCUT2D eigenvalue weighted by Gasteiger charge is 2.18. The van der Waals surface area contributed by atoms with E-state index in [-0.39, 0.29) is 34.4 Å². The highest BCUT2D eigenvalue weighted by Crippen LogP contribution is 2.30. The van der Waals surface area contributed by atoms with E-state index < -0.39 is 10.8 Å². The number of aliphatic hydroxyl groups is 1. The van der Waals surface area contributed by atoms with E-state index in [9.17, 15) is 14.9 Å². The number of halogens is 2. The Kier molecular flexibility index (Phi) is 5.33. The van der Waals surface area contributed by atoms with Crippen LogP contribution in [0.5, 0.6) is 0 Å². The Balaban J connectivity index is 2.99. The number of nitro benzene ring substituents is 1. The largest absolute Gasteiger partial charge is 0.396 e. The third-order valence-corrected chi connectivity index (χ3v) is 2.89. The van der Waals surface area contributed by atoms with E-state index in [1.165, 1.54) is 0 Å². The van der Waals surface area contributed by atoms with Gasteiger partial charge in [-0.25, -0.2) is 0 Å². The number of nitrogens with zero attached hydrogens (tertiary/aromatic N) is 1. The fraction of sp³-hybridized carbons (Fsp3) is 0.300. The summed E-state index contributed by atoms with van der Waals surface area (Å²) in [7, 11) is 0. The first-order valence-corrected chi connectivity index (χ1v) is 5.75. The number of benzene rings is 1. The summed E-state index contributed by atoms with van der Waals surface area (Å²) in [5, 5.41) is 21.6. The minimum Gasteiger partial charge on any atom is -0.396 e. The quantitative estimate of drug-likeness (QED) is 0.493. The van der Waals surface area contributed by atoms with Crippen molar-refractivity contribution in [3.05, 3.63) is 37.9 Å². The Labute approximate surface area is 113 Å². The molecule has 98 valence electrons. The summed E-state index contributed by atoms with van der Waals surface area (Å²) in [6.45, 7) is 0.176. The van der Waals surface area contributed by atoms with Crippen molar-refractivity contribution in [2.24, 2.45) is 0 Å². The zero-order valence-corrected chi connectivity index (χ0v) is 10.7. The van der Waals surface area contributed by atoms with Gasteiger partial charge in [0.05, 0.1) is 20.5 Å². The van der Waals surface area contributed by atoms with Gasteiger partial charge in [-0.05, 0) is 6.42 Å². The highest BCUT2D eigenvalue weighted by atomic mass is 35.5. The Bertz CT molecular complexity index is 479. The first-order chi connectivity index (χ1) is 8.47. The van der Waals surface area contributed by atoms with Gasteiger partial charge in [0.2, 0.25) is 0 Å². The lowest BCUT2D eigenvalue weighted by atomic mass is 10.2. The van der Waals surface area contributed by atoms with Crippen molar-refractivity contribution < 1.29 is 14.8 Å². The van der Waals surface area contributed by atoms with Crippen LogP contribution in [0.1, 0.15) is 16.8 Å². The zero-order valence-electron chi connectivity index (χ0n) is 9.15. The number of carbonyl (C=O) groups excluding carboxylic acids is 1. The maximum Gasteiger partial charge on any atom is 0.271 e. The second-order valence-electron chi connectivity index (χ2n) is 3.38. The number of nitro groups is 1. The highest BCUT2D eigenvalue weighted by molar-refractivity contribution is 6.44. The Morgan fingerprint density at radius 1 is 1.44 bits per heavy atom. The summed E-state index contributed by atoms with van der Waals surface area (Å²) in [5.74, 6) is -0.570. The molecule has 0 fully saturated rings. The normalized spacial score (nSPS) is 10.2. The first-order valence-electron chi connectivity index (χ1n) is 5.00. The van der Waals surface area contributed by atoms with Crippen molar-refractivity contribution in [3.8, 4) is 0 Å². The van der Waals surface area contributed by atoms with Gasteiger partial charge in [0.15, 0.2) is 0 Å². The molecule has 1 aromatic carbocycles. The molecule has 0 saturated carbocycles. The minimum atomic E-state index is -0.660. The van der Waals surface area contributed by atoms with E-state index in [4.69, 9.17) is 28.3 Å². The molecule has 0 aliphatic rings. The predicted molar refractivity (Wildman–Crippen MR) is 67.2 cm³/mol. The topological polar surface area (TPSA) is 92.5 Å². The van der Waals surface area contributed by atoms with Crippen LogP contribution in [0.25, 0.3) is 0 Å². The number of amides is 1. The van der Waals surface area contributed by atoms with Crippen molar-refractivity contribution in [2.75, 3.05) is 13.2 Å². The monoisotopic (exact) mass is 292 g/mol. The second-order valence-corrected chi connectivity index (χ2v) is 4.16. The Hall–Kier alpha value is -1.37. The van der Waals surface area contributed by atoms with Crippen LogP contribution in [-0.2, 0) is 0 Å². The predicted octanol–water partition coefficient (Wildman–Crippen LogP) is 2.01. The number of hydrogen-bond acceptors (Lipinski definition) is 4. The van der Waals surface area contributed by atoms with E-state index in [1.807, 2.05) is 0 Å². The second kappa shape index (κ2) is 6.53. The molecule has 0 atom stereocenters. The average molecular weight is 293 g/mol. The fourth-order valence-electron chi connectivity index (χ4n) is 1.22. The van der Waals surface area contributed by atoms with Gasteiger partial charge in [0.25, 0.3) is 11.6 Å². The summed E-state index contributed by atoms with van der Waals surface area (Å²) in [6, 6.07) is 2.14. The van der Waals surface area contributed by atoms with Crippen LogP contribution in [0, 0.1) is 10.1 Å². The zero-order chi connectivity index (χ0) is 13.7. The summed E-state index contributed by atoms with van der Waals surface area (Å²) in [6.07, 6.45) is 0.381. The molecule has 1 aromatic rings. The molecule has 0 saturated heterocycles. The van der Waals surface area contributed by atoms with Gasteiger partial charge in [-0.15, -0.1) is 0 Å². The molecular formula is C10H10Cl2N2O4. The number of non-ortho nitro benzene ring substituents is 1. The lowest BCUT2D eigenvalue weighted by Crippen LogP contribution is -2.25. The summed E-state index contributed by atoms with van der Waals surface area (Å²) in [5.41, 5.74) is -0.370. The van der Waals surface area contributed by atoms with Gasteiger partial charge in [0.1, 0.15) is 0 Å². The molecule has 0 aromatic heterocycles. The van der Waals surface area contributed by atoms with Crippen molar-refractivity contribution in [1.82, 2.24) is 5.32 Å². The van der Waals surface area contributed by atoms with Gasteiger partial charge in [-0.2, -0.15) is 0 Å². The van der Waals surface area contributed by atoms with Crippen LogP contribution in [-0.4, -0.2) is 29.1 Å². The van der Waals surface area contributed by atoms with Crippen molar-refractivity contribution in [3.63, 3.8) is 0 Å². The van der Waals surface area contributed by atoms with Gasteiger partial charge in [-0.1, -0.05) is 23.2 Å². The Morgan fingerprint density at radius 3 is 2.67 bits per heavy atom. The SMILES string of the molecule is O=C(NCCCO)c1cc([N+](=O)[O-])cc(Cl)c1Cl. The van der Waals surface area contributed by atoms with Crippen LogP contribution in [0.2, 0.25) is 10.0 Å². The average Bonchev–Trinajstić information content (AvgIpc) is 2.32. The molecule has 1 rings (SSSR count). The molecule has 0 spiro atoms. The molecule has 0 aliphatic heterocycles. The van der Waals surface area contributed by atoms with Gasteiger partial charge >= 0.3 is 0 Å². The molecular weight excluding hydrogens is 283 g/mol. The molecule has 8 heteroatoms. The third-order valence-electron chi connectivity index (χ3n) is 2.09. The van der Waals surface area contributed by atoms with Crippen LogP contribution in [0.15, 0.2) is 12.1 Å². The number of rotatable bonds is 5. The van der Waals surface area contributed by atoms with Crippen molar-refractivity contribution >= 4 is 34.8 Å². The fourth-order valence-corrected chi connectivity index (χ4v) is 1.63. The molecule has 0 unspecified atom stereocenters. The van der Waals surface area contributed by atoms with E-state index in [2.05, 4.69) is 5.32 Å². The van der Waals surface area contributed by atoms with Crippen LogP contribution in [0.3, 0.4) is 0 Å². The van der Waals surface area contributed by atoms with E-state index >= 15 is 0 Å². The van der Waals surface area contributed by atoms with E-state index in [0.717, 1.165) is 12.1 Å². The summed E-state index contributed by atoms with van der Waals surface area (Å²) < 4.78 is 0. The molecule has 0 radical (unpaired) electrons. The number of aliphatic hydroxyl groups excluding tert-OH is 1. The van der Waals surface area contributed by atoms with Crippen LogP contribution in [0.4, 0.5) is 5.69 Å². The maximum atomic E-state index is 11.7. The van der Waals surface area contributed by atoms with Crippen LogP contribution < -0.4 is 5.32 Å². The smallest absolute Gasteiger partial charge is 0.271 e. The maximum absolute atomic E-state index is 11.7. The van der Waals surface area contributed by atoms with Gasteiger partial charge < -0.3 is 10.4 Å².